The highest BCUT2D eigenvalue weighted by Gasteiger charge is 1.98. The zero-order valence-electron chi connectivity index (χ0n) is 7.63. The van der Waals surface area contributed by atoms with Crippen LogP contribution in [0.15, 0.2) is 30.3 Å². The lowest BCUT2D eigenvalue weighted by Gasteiger charge is -2.04. The minimum Gasteiger partial charge on any atom is -0.392 e. The van der Waals surface area contributed by atoms with Gasteiger partial charge in [-0.2, -0.15) is 0 Å². The average molecular weight is 197 g/mol. The SMILES string of the molecule is CC/C(=C/CO)c1cccc(Cl)c1. The zero-order chi connectivity index (χ0) is 9.68. The van der Waals surface area contributed by atoms with Crippen molar-refractivity contribution in [2.45, 2.75) is 13.3 Å². The van der Waals surface area contributed by atoms with Gasteiger partial charge in [0.25, 0.3) is 0 Å². The van der Waals surface area contributed by atoms with E-state index in [4.69, 9.17) is 16.7 Å². The van der Waals surface area contributed by atoms with Crippen molar-refractivity contribution < 1.29 is 5.11 Å². The summed E-state index contributed by atoms with van der Waals surface area (Å²) in [5.41, 5.74) is 2.22. The molecular formula is C11H13ClO. The maximum atomic E-state index is 8.79. The average Bonchev–Trinajstić information content (AvgIpc) is 2.14. The number of allylic oxidation sites excluding steroid dienone is 1. The molecule has 0 spiro atoms. The lowest BCUT2D eigenvalue weighted by Crippen LogP contribution is -1.85. The Labute approximate surface area is 83.7 Å². The van der Waals surface area contributed by atoms with Crippen LogP contribution in [0.4, 0.5) is 0 Å². The van der Waals surface area contributed by atoms with Crippen LogP contribution < -0.4 is 0 Å². The topological polar surface area (TPSA) is 20.2 Å². The number of aliphatic hydroxyl groups is 1. The van der Waals surface area contributed by atoms with Crippen molar-refractivity contribution in [3.8, 4) is 0 Å². The van der Waals surface area contributed by atoms with Crippen molar-refractivity contribution in [3.05, 3.63) is 40.9 Å². The number of benzene rings is 1. The van der Waals surface area contributed by atoms with E-state index in [-0.39, 0.29) is 6.61 Å². The van der Waals surface area contributed by atoms with Crippen molar-refractivity contribution in [2.24, 2.45) is 0 Å². The lowest BCUT2D eigenvalue weighted by molar-refractivity contribution is 0.343. The first-order valence-electron chi connectivity index (χ1n) is 4.33. The third-order valence-electron chi connectivity index (χ3n) is 1.91. The van der Waals surface area contributed by atoms with Gasteiger partial charge in [0.1, 0.15) is 0 Å². The van der Waals surface area contributed by atoms with E-state index in [1.807, 2.05) is 30.3 Å². The van der Waals surface area contributed by atoms with Gasteiger partial charge in [0.05, 0.1) is 6.61 Å². The normalized spacial score (nSPS) is 11.8. The summed E-state index contributed by atoms with van der Waals surface area (Å²) in [4.78, 5) is 0. The second-order valence-electron chi connectivity index (χ2n) is 2.78. The van der Waals surface area contributed by atoms with E-state index >= 15 is 0 Å². The van der Waals surface area contributed by atoms with Gasteiger partial charge in [0.15, 0.2) is 0 Å². The highest BCUT2D eigenvalue weighted by molar-refractivity contribution is 6.30. The summed E-state index contributed by atoms with van der Waals surface area (Å²) in [5.74, 6) is 0. The first-order chi connectivity index (χ1) is 6.27. The Morgan fingerprint density at radius 3 is 2.85 bits per heavy atom. The fourth-order valence-electron chi connectivity index (χ4n) is 1.26. The minimum absolute atomic E-state index is 0.0791. The van der Waals surface area contributed by atoms with Gasteiger partial charge in [-0.15, -0.1) is 0 Å². The predicted molar refractivity (Wildman–Crippen MR) is 56.8 cm³/mol. The quantitative estimate of drug-likeness (QED) is 0.788. The van der Waals surface area contributed by atoms with Gasteiger partial charge in [-0.1, -0.05) is 36.7 Å². The van der Waals surface area contributed by atoms with E-state index in [1.54, 1.807) is 0 Å². The largest absolute Gasteiger partial charge is 0.392 e. The molecule has 1 N–H and O–H groups in total. The Bertz CT molecular complexity index is 305. The smallest absolute Gasteiger partial charge is 0.0618 e. The van der Waals surface area contributed by atoms with Gasteiger partial charge in [0.2, 0.25) is 0 Å². The van der Waals surface area contributed by atoms with E-state index in [0.717, 1.165) is 22.6 Å². The molecule has 1 aromatic rings. The summed E-state index contributed by atoms with van der Waals surface area (Å²) in [6, 6.07) is 7.67. The highest BCUT2D eigenvalue weighted by Crippen LogP contribution is 2.20. The number of aliphatic hydroxyl groups excluding tert-OH is 1. The van der Waals surface area contributed by atoms with E-state index in [0.29, 0.717) is 0 Å². The maximum Gasteiger partial charge on any atom is 0.0618 e. The molecule has 0 saturated carbocycles. The summed E-state index contributed by atoms with van der Waals surface area (Å²) in [5, 5.41) is 9.52. The maximum absolute atomic E-state index is 8.79. The second kappa shape index (κ2) is 5.05. The molecular weight excluding hydrogens is 184 g/mol. The van der Waals surface area contributed by atoms with Crippen LogP contribution in [-0.4, -0.2) is 11.7 Å². The first-order valence-corrected chi connectivity index (χ1v) is 4.71. The number of hydrogen-bond donors (Lipinski definition) is 1. The molecule has 0 unspecified atom stereocenters. The molecule has 0 radical (unpaired) electrons. The number of hydrogen-bond acceptors (Lipinski definition) is 1. The van der Waals surface area contributed by atoms with Gasteiger partial charge in [0, 0.05) is 5.02 Å². The fraction of sp³-hybridized carbons (Fsp3) is 0.273. The molecule has 0 aliphatic carbocycles. The predicted octanol–water partition coefficient (Wildman–Crippen LogP) is 3.13. The van der Waals surface area contributed by atoms with Crippen LogP contribution in [-0.2, 0) is 0 Å². The van der Waals surface area contributed by atoms with Crippen LogP contribution in [0.25, 0.3) is 5.57 Å². The van der Waals surface area contributed by atoms with Gasteiger partial charge in [-0.3, -0.25) is 0 Å². The molecule has 0 amide bonds. The van der Waals surface area contributed by atoms with Gasteiger partial charge >= 0.3 is 0 Å². The molecule has 0 bridgehead atoms. The molecule has 0 aliphatic heterocycles. The van der Waals surface area contributed by atoms with E-state index in [9.17, 15) is 0 Å². The summed E-state index contributed by atoms with van der Waals surface area (Å²) in [6.07, 6.45) is 2.71. The third kappa shape index (κ3) is 2.87. The summed E-state index contributed by atoms with van der Waals surface area (Å²) < 4.78 is 0. The highest BCUT2D eigenvalue weighted by atomic mass is 35.5. The molecule has 0 heterocycles. The van der Waals surface area contributed by atoms with Crippen molar-refractivity contribution in [3.63, 3.8) is 0 Å². The molecule has 0 atom stereocenters. The van der Waals surface area contributed by atoms with Crippen molar-refractivity contribution in [1.29, 1.82) is 0 Å². The molecule has 2 heteroatoms. The van der Waals surface area contributed by atoms with E-state index < -0.39 is 0 Å². The monoisotopic (exact) mass is 196 g/mol. The van der Waals surface area contributed by atoms with Crippen LogP contribution >= 0.6 is 11.6 Å². The summed E-state index contributed by atoms with van der Waals surface area (Å²) in [7, 11) is 0. The van der Waals surface area contributed by atoms with E-state index in [1.165, 1.54) is 0 Å². The molecule has 1 aromatic carbocycles. The fourth-order valence-corrected chi connectivity index (χ4v) is 1.46. The Kier molecular flexibility index (Phi) is 4.00. The molecule has 0 saturated heterocycles. The zero-order valence-corrected chi connectivity index (χ0v) is 8.38. The number of halogens is 1. The Balaban J connectivity index is 2.98. The molecule has 0 aliphatic rings. The van der Waals surface area contributed by atoms with Gasteiger partial charge in [-0.25, -0.2) is 0 Å². The summed E-state index contributed by atoms with van der Waals surface area (Å²) in [6.45, 7) is 2.14. The van der Waals surface area contributed by atoms with Crippen LogP contribution in [0.1, 0.15) is 18.9 Å². The Morgan fingerprint density at radius 2 is 2.31 bits per heavy atom. The first kappa shape index (κ1) is 10.3. The second-order valence-corrected chi connectivity index (χ2v) is 3.21. The minimum atomic E-state index is 0.0791. The van der Waals surface area contributed by atoms with Crippen LogP contribution in [0.2, 0.25) is 5.02 Å². The molecule has 0 aromatic heterocycles. The lowest BCUT2D eigenvalue weighted by atomic mass is 10.0. The van der Waals surface area contributed by atoms with Crippen molar-refractivity contribution in [1.82, 2.24) is 0 Å². The molecule has 70 valence electrons. The van der Waals surface area contributed by atoms with Crippen LogP contribution in [0.5, 0.6) is 0 Å². The molecule has 1 rings (SSSR count). The van der Waals surface area contributed by atoms with Gasteiger partial charge in [-0.05, 0) is 29.7 Å². The molecule has 1 nitrogen and oxygen atoms in total. The van der Waals surface area contributed by atoms with Crippen molar-refractivity contribution in [2.75, 3.05) is 6.61 Å². The third-order valence-corrected chi connectivity index (χ3v) is 2.15. The standard InChI is InChI=1S/C11H13ClO/c1-2-9(6-7-13)10-4-3-5-11(12)8-10/h3-6,8,13H,2,7H2,1H3/b9-6-. The van der Waals surface area contributed by atoms with Crippen molar-refractivity contribution >= 4 is 17.2 Å². The van der Waals surface area contributed by atoms with E-state index in [2.05, 4.69) is 6.92 Å². The van der Waals surface area contributed by atoms with Crippen LogP contribution in [0, 0.1) is 0 Å². The summed E-state index contributed by atoms with van der Waals surface area (Å²) >= 11 is 5.86. The van der Waals surface area contributed by atoms with Gasteiger partial charge < -0.3 is 5.11 Å². The molecule has 13 heavy (non-hydrogen) atoms. The Morgan fingerprint density at radius 1 is 1.54 bits per heavy atom. The number of rotatable bonds is 3. The molecule has 0 fully saturated rings. The van der Waals surface area contributed by atoms with Crippen LogP contribution in [0.3, 0.4) is 0 Å². The Hall–Kier alpha value is -0.790.